The fraction of sp³-hybridized carbons (Fsp3) is 0.300. The molecule has 0 saturated heterocycles. The van der Waals surface area contributed by atoms with E-state index in [-0.39, 0.29) is 5.75 Å². The number of rotatable bonds is 4. The average molecular weight is 195 g/mol. The van der Waals surface area contributed by atoms with Gasteiger partial charge >= 0.3 is 5.97 Å². The lowest BCUT2D eigenvalue weighted by Crippen LogP contribution is -2.23. The van der Waals surface area contributed by atoms with E-state index in [4.69, 9.17) is 5.11 Å². The van der Waals surface area contributed by atoms with Crippen LogP contribution in [0.1, 0.15) is 11.5 Å². The van der Waals surface area contributed by atoms with Gasteiger partial charge in [-0.3, -0.25) is 4.79 Å². The van der Waals surface area contributed by atoms with Gasteiger partial charge in [0.15, 0.2) is 0 Å². The molecule has 1 aromatic carbocycles. The SMILES string of the molecule is CNCC(C(=O)O)c1cccc(O)c1. The molecule has 0 saturated carbocycles. The van der Waals surface area contributed by atoms with Gasteiger partial charge in [-0.1, -0.05) is 12.1 Å². The molecule has 0 aliphatic carbocycles. The lowest BCUT2D eigenvalue weighted by atomic mass is 9.99. The Labute approximate surface area is 82.2 Å². The average Bonchev–Trinajstić information content (AvgIpc) is 2.13. The highest BCUT2D eigenvalue weighted by molar-refractivity contribution is 5.76. The number of likely N-dealkylation sites (N-methyl/N-ethyl adjacent to an activating group) is 1. The molecule has 3 N–H and O–H groups in total. The van der Waals surface area contributed by atoms with E-state index in [1.165, 1.54) is 12.1 Å². The quantitative estimate of drug-likeness (QED) is 0.664. The van der Waals surface area contributed by atoms with E-state index in [0.717, 1.165) is 0 Å². The van der Waals surface area contributed by atoms with E-state index in [1.54, 1.807) is 19.2 Å². The number of phenolic OH excluding ortho intramolecular Hbond substituents is 1. The number of phenols is 1. The fourth-order valence-electron chi connectivity index (χ4n) is 1.29. The maximum atomic E-state index is 10.9. The van der Waals surface area contributed by atoms with Gasteiger partial charge in [-0.05, 0) is 24.7 Å². The molecule has 0 aromatic heterocycles. The lowest BCUT2D eigenvalue weighted by molar-refractivity contribution is -0.138. The molecule has 76 valence electrons. The Balaban J connectivity index is 2.93. The minimum absolute atomic E-state index is 0.0878. The summed E-state index contributed by atoms with van der Waals surface area (Å²) in [6.45, 7) is 0.346. The normalized spacial score (nSPS) is 12.4. The third-order valence-corrected chi connectivity index (χ3v) is 1.98. The van der Waals surface area contributed by atoms with Gasteiger partial charge in [0.2, 0.25) is 0 Å². The summed E-state index contributed by atoms with van der Waals surface area (Å²) in [6.07, 6.45) is 0. The van der Waals surface area contributed by atoms with E-state index in [0.29, 0.717) is 12.1 Å². The molecule has 0 aliphatic rings. The number of benzene rings is 1. The number of carboxylic acids is 1. The summed E-state index contributed by atoms with van der Waals surface area (Å²) in [6, 6.07) is 6.31. The van der Waals surface area contributed by atoms with Gasteiger partial charge in [-0.15, -0.1) is 0 Å². The zero-order chi connectivity index (χ0) is 10.6. The van der Waals surface area contributed by atoms with Crippen LogP contribution in [0.15, 0.2) is 24.3 Å². The van der Waals surface area contributed by atoms with Crippen LogP contribution in [0, 0.1) is 0 Å². The van der Waals surface area contributed by atoms with E-state index in [2.05, 4.69) is 5.32 Å². The van der Waals surface area contributed by atoms with Crippen LogP contribution in [-0.4, -0.2) is 29.8 Å². The van der Waals surface area contributed by atoms with Crippen molar-refractivity contribution in [1.82, 2.24) is 5.32 Å². The smallest absolute Gasteiger partial charge is 0.312 e. The second-order valence-electron chi connectivity index (χ2n) is 3.04. The fourth-order valence-corrected chi connectivity index (χ4v) is 1.29. The van der Waals surface area contributed by atoms with E-state index < -0.39 is 11.9 Å². The van der Waals surface area contributed by atoms with Crippen molar-refractivity contribution in [3.05, 3.63) is 29.8 Å². The Morgan fingerprint density at radius 3 is 2.79 bits per heavy atom. The van der Waals surface area contributed by atoms with Gasteiger partial charge in [0.25, 0.3) is 0 Å². The first-order valence-corrected chi connectivity index (χ1v) is 4.31. The molecule has 1 unspecified atom stereocenters. The molecule has 0 spiro atoms. The summed E-state index contributed by atoms with van der Waals surface area (Å²) >= 11 is 0. The predicted molar refractivity (Wildman–Crippen MR) is 52.4 cm³/mol. The molecule has 0 heterocycles. The molecule has 0 fully saturated rings. The highest BCUT2D eigenvalue weighted by Crippen LogP contribution is 2.19. The minimum Gasteiger partial charge on any atom is -0.508 e. The number of hydrogen-bond acceptors (Lipinski definition) is 3. The predicted octanol–water partition coefficient (Wildman–Crippen LogP) is 0.780. The van der Waals surface area contributed by atoms with Gasteiger partial charge in [0.1, 0.15) is 5.75 Å². The largest absolute Gasteiger partial charge is 0.508 e. The summed E-state index contributed by atoms with van der Waals surface area (Å²) in [4.78, 5) is 10.9. The first kappa shape index (κ1) is 10.5. The molecule has 14 heavy (non-hydrogen) atoms. The van der Waals surface area contributed by atoms with Crippen molar-refractivity contribution in [3.63, 3.8) is 0 Å². The lowest BCUT2D eigenvalue weighted by Gasteiger charge is -2.11. The summed E-state index contributed by atoms with van der Waals surface area (Å²) in [7, 11) is 1.69. The van der Waals surface area contributed by atoms with Crippen LogP contribution < -0.4 is 5.32 Å². The zero-order valence-electron chi connectivity index (χ0n) is 7.90. The summed E-state index contributed by atoms with van der Waals surface area (Å²) in [5, 5.41) is 20.9. The van der Waals surface area contributed by atoms with Crippen molar-refractivity contribution in [3.8, 4) is 5.75 Å². The molecule has 0 aliphatic heterocycles. The third kappa shape index (κ3) is 2.47. The summed E-state index contributed by atoms with van der Waals surface area (Å²) < 4.78 is 0. The van der Waals surface area contributed by atoms with Crippen LogP contribution in [0.25, 0.3) is 0 Å². The summed E-state index contributed by atoms with van der Waals surface area (Å²) in [5.74, 6) is -1.43. The second kappa shape index (κ2) is 4.62. The Hall–Kier alpha value is -1.55. The third-order valence-electron chi connectivity index (χ3n) is 1.98. The van der Waals surface area contributed by atoms with Crippen LogP contribution >= 0.6 is 0 Å². The molecule has 1 aromatic rings. The van der Waals surface area contributed by atoms with Crippen LogP contribution in [0.5, 0.6) is 5.75 Å². The number of aliphatic carboxylic acids is 1. The number of carbonyl (C=O) groups is 1. The highest BCUT2D eigenvalue weighted by Gasteiger charge is 2.18. The number of carboxylic acid groups (broad SMARTS) is 1. The van der Waals surface area contributed by atoms with Crippen molar-refractivity contribution < 1.29 is 15.0 Å². The number of hydrogen-bond donors (Lipinski definition) is 3. The Morgan fingerprint density at radius 1 is 1.57 bits per heavy atom. The molecule has 4 heteroatoms. The van der Waals surface area contributed by atoms with Gasteiger partial charge in [0, 0.05) is 6.54 Å². The minimum atomic E-state index is -0.898. The van der Waals surface area contributed by atoms with Gasteiger partial charge in [0.05, 0.1) is 5.92 Å². The van der Waals surface area contributed by atoms with Crippen molar-refractivity contribution in [2.24, 2.45) is 0 Å². The van der Waals surface area contributed by atoms with Crippen molar-refractivity contribution in [1.29, 1.82) is 0 Å². The Morgan fingerprint density at radius 2 is 2.29 bits per heavy atom. The van der Waals surface area contributed by atoms with Gasteiger partial charge < -0.3 is 15.5 Å². The molecular weight excluding hydrogens is 182 g/mol. The Kier molecular flexibility index (Phi) is 3.48. The maximum Gasteiger partial charge on any atom is 0.312 e. The molecule has 1 atom stereocenters. The molecule has 4 nitrogen and oxygen atoms in total. The maximum absolute atomic E-state index is 10.9. The van der Waals surface area contributed by atoms with Crippen molar-refractivity contribution >= 4 is 5.97 Å². The summed E-state index contributed by atoms with van der Waals surface area (Å²) in [5.41, 5.74) is 0.604. The molecular formula is C10H13NO3. The first-order valence-electron chi connectivity index (χ1n) is 4.31. The first-order chi connectivity index (χ1) is 6.65. The van der Waals surface area contributed by atoms with Crippen LogP contribution in [0.3, 0.4) is 0 Å². The molecule has 0 bridgehead atoms. The van der Waals surface area contributed by atoms with Crippen molar-refractivity contribution in [2.45, 2.75) is 5.92 Å². The van der Waals surface area contributed by atoms with E-state index in [1.807, 2.05) is 0 Å². The van der Waals surface area contributed by atoms with Crippen LogP contribution in [0.2, 0.25) is 0 Å². The second-order valence-corrected chi connectivity index (χ2v) is 3.04. The molecule has 1 rings (SSSR count). The monoisotopic (exact) mass is 195 g/mol. The van der Waals surface area contributed by atoms with Gasteiger partial charge in [-0.2, -0.15) is 0 Å². The highest BCUT2D eigenvalue weighted by atomic mass is 16.4. The standard InChI is InChI=1S/C10H13NO3/c1-11-6-9(10(13)14)7-3-2-4-8(12)5-7/h2-5,9,11-12H,6H2,1H3,(H,13,14). The molecule has 0 radical (unpaired) electrons. The van der Waals surface area contributed by atoms with Gasteiger partial charge in [-0.25, -0.2) is 0 Å². The van der Waals surface area contributed by atoms with Crippen LogP contribution in [-0.2, 0) is 4.79 Å². The Bertz CT molecular complexity index is 325. The van der Waals surface area contributed by atoms with Crippen molar-refractivity contribution in [2.75, 3.05) is 13.6 Å². The number of nitrogens with one attached hydrogen (secondary N) is 1. The number of aromatic hydroxyl groups is 1. The topological polar surface area (TPSA) is 69.6 Å². The molecule has 0 amide bonds. The zero-order valence-corrected chi connectivity index (χ0v) is 7.90. The van der Waals surface area contributed by atoms with E-state index in [9.17, 15) is 9.90 Å². The van der Waals surface area contributed by atoms with Crippen LogP contribution in [0.4, 0.5) is 0 Å². The van der Waals surface area contributed by atoms with E-state index >= 15 is 0 Å².